The second-order valence-electron chi connectivity index (χ2n) is 5.28. The van der Waals surface area contributed by atoms with Crippen molar-refractivity contribution in [3.8, 4) is 0 Å². The molecule has 1 fully saturated rings. The van der Waals surface area contributed by atoms with Crippen LogP contribution in [0.15, 0.2) is 0 Å². The van der Waals surface area contributed by atoms with Crippen LogP contribution in [-0.4, -0.2) is 85.9 Å². The van der Waals surface area contributed by atoms with Crippen molar-refractivity contribution in [3.63, 3.8) is 0 Å². The van der Waals surface area contributed by atoms with Gasteiger partial charge in [-0.1, -0.05) is 26.7 Å². The molecule has 1 aliphatic rings. The van der Waals surface area contributed by atoms with Crippen molar-refractivity contribution in [1.29, 1.82) is 0 Å². The highest BCUT2D eigenvalue weighted by Crippen LogP contribution is 2.20. The number of likely N-dealkylation sites (N-methyl/N-ethyl adjacent to an activating group) is 1. The largest absolute Gasteiger partial charge is 0.533 e. The summed E-state index contributed by atoms with van der Waals surface area (Å²) in [6, 6.07) is 0. The van der Waals surface area contributed by atoms with Gasteiger partial charge in [-0.3, -0.25) is 14.4 Å². The Labute approximate surface area is 159 Å². The maximum absolute atomic E-state index is 11.4. The summed E-state index contributed by atoms with van der Waals surface area (Å²) < 4.78 is 9.75. The van der Waals surface area contributed by atoms with Crippen LogP contribution in [0.5, 0.6) is 0 Å². The van der Waals surface area contributed by atoms with Crippen LogP contribution in [0.2, 0.25) is 0 Å². The maximum atomic E-state index is 11.4. The molecule has 0 unspecified atom stereocenters. The van der Waals surface area contributed by atoms with Crippen LogP contribution >= 0.6 is 21.6 Å². The van der Waals surface area contributed by atoms with Gasteiger partial charge in [0.2, 0.25) is 0 Å². The molecule has 1 heterocycles. The van der Waals surface area contributed by atoms with Crippen LogP contribution < -0.4 is 5.32 Å². The Morgan fingerprint density at radius 3 is 2.23 bits per heavy atom. The third-order valence-electron chi connectivity index (χ3n) is 2.87. The van der Waals surface area contributed by atoms with Crippen molar-refractivity contribution < 1.29 is 33.5 Å². The molecule has 0 radical (unpaired) electrons. The molecule has 0 aliphatic carbocycles. The minimum absolute atomic E-state index is 0.0361. The van der Waals surface area contributed by atoms with Crippen molar-refractivity contribution in [2.24, 2.45) is 0 Å². The Bertz CT molecular complexity index is 489. The fourth-order valence-electron chi connectivity index (χ4n) is 1.64. The second kappa shape index (κ2) is 12.7. The number of hydrogen-bond donors (Lipinski definition) is 1. The Hall–Kier alpha value is -1.66. The number of ether oxygens (including phenoxy) is 2. The molecule has 0 spiro atoms. The number of amides is 3. The molecule has 3 amide bonds. The summed E-state index contributed by atoms with van der Waals surface area (Å²) >= 11 is 0. The first-order chi connectivity index (χ1) is 12.4. The first-order valence-corrected chi connectivity index (χ1v) is 10.4. The lowest BCUT2D eigenvalue weighted by atomic mass is 10.4. The molecule has 1 aliphatic heterocycles. The van der Waals surface area contributed by atoms with E-state index in [1.54, 1.807) is 0 Å². The Morgan fingerprint density at radius 1 is 1.08 bits per heavy atom. The predicted octanol–water partition coefficient (Wildman–Crippen LogP) is 0.873. The highest BCUT2D eigenvalue weighted by atomic mass is 33.1. The summed E-state index contributed by atoms with van der Waals surface area (Å²) in [6.07, 6.45) is -1.46. The second-order valence-corrected chi connectivity index (χ2v) is 7.98. The lowest BCUT2D eigenvalue weighted by Crippen LogP contribution is -2.32. The number of carbonyl (C=O) groups is 4. The van der Waals surface area contributed by atoms with Crippen molar-refractivity contribution in [1.82, 2.24) is 15.3 Å². The number of rotatable bonds is 11. The number of hydrogen-bond acceptors (Lipinski definition) is 10. The van der Waals surface area contributed by atoms with Crippen LogP contribution in [0.1, 0.15) is 12.8 Å². The molecule has 12 heteroatoms. The highest BCUT2D eigenvalue weighted by Gasteiger charge is 2.33. The van der Waals surface area contributed by atoms with Crippen LogP contribution in [0.3, 0.4) is 0 Å². The zero-order valence-electron chi connectivity index (χ0n) is 14.7. The molecule has 0 aromatic rings. The normalized spacial score (nSPS) is 13.9. The Morgan fingerprint density at radius 2 is 1.65 bits per heavy atom. The van der Waals surface area contributed by atoms with Gasteiger partial charge >= 0.3 is 12.2 Å². The zero-order chi connectivity index (χ0) is 19.4. The van der Waals surface area contributed by atoms with Gasteiger partial charge in [-0.15, -0.1) is 0 Å². The molecule has 26 heavy (non-hydrogen) atoms. The van der Waals surface area contributed by atoms with Crippen LogP contribution in [0.4, 0.5) is 9.59 Å². The first kappa shape index (κ1) is 22.4. The van der Waals surface area contributed by atoms with Gasteiger partial charge in [0.15, 0.2) is 0 Å². The van der Waals surface area contributed by atoms with E-state index in [-0.39, 0.29) is 26.1 Å². The molecule has 0 bridgehead atoms. The third kappa shape index (κ3) is 9.73. The topological polar surface area (TPSA) is 114 Å². The van der Waals surface area contributed by atoms with Crippen molar-refractivity contribution in [2.75, 3.05) is 51.9 Å². The number of hydroxylamine groups is 2. The maximum Gasteiger partial charge on any atom is 0.533 e. The smallest absolute Gasteiger partial charge is 0.449 e. The van der Waals surface area contributed by atoms with Crippen molar-refractivity contribution in [2.45, 2.75) is 12.8 Å². The van der Waals surface area contributed by atoms with E-state index in [0.29, 0.717) is 23.1 Å². The number of nitrogens with zero attached hydrogens (tertiary/aromatic N) is 2. The molecule has 1 saturated heterocycles. The molecule has 1 N–H and O–H groups in total. The van der Waals surface area contributed by atoms with Gasteiger partial charge in [-0.05, 0) is 14.1 Å². The lowest BCUT2D eigenvalue weighted by Gasteiger charge is -2.12. The van der Waals surface area contributed by atoms with Crippen LogP contribution in [-0.2, 0) is 23.9 Å². The summed E-state index contributed by atoms with van der Waals surface area (Å²) in [5, 5.41) is 3.07. The van der Waals surface area contributed by atoms with E-state index >= 15 is 0 Å². The van der Waals surface area contributed by atoms with Gasteiger partial charge in [-0.25, -0.2) is 9.59 Å². The molecular weight excluding hydrogens is 386 g/mol. The molecule has 1 rings (SSSR count). The lowest BCUT2D eigenvalue weighted by molar-refractivity contribution is -0.176. The minimum atomic E-state index is -1.09. The SMILES string of the molecule is CN(C)CCNC(=O)OCCSSCCOC(=O)ON1C(=O)CCC1=O. The van der Waals surface area contributed by atoms with Crippen LogP contribution in [0, 0.1) is 0 Å². The summed E-state index contributed by atoms with van der Waals surface area (Å²) in [6.45, 7) is 1.60. The molecule has 0 atom stereocenters. The number of nitrogens with one attached hydrogen (secondary N) is 1. The molecule has 0 saturated carbocycles. The fourth-order valence-corrected chi connectivity index (χ4v) is 3.29. The number of alkyl carbamates (subject to hydrolysis) is 1. The van der Waals surface area contributed by atoms with Gasteiger partial charge in [-0.2, -0.15) is 0 Å². The summed E-state index contributed by atoms with van der Waals surface area (Å²) in [7, 11) is 6.72. The standard InChI is InChI=1S/C14H23N3O7S2/c1-16(2)6-5-15-13(20)22-7-9-25-26-10-8-23-14(21)24-17-11(18)3-4-12(17)19/h3-10H2,1-2H3,(H,15,20). The van der Waals surface area contributed by atoms with Gasteiger partial charge < -0.3 is 19.7 Å². The number of imide groups is 1. The monoisotopic (exact) mass is 409 g/mol. The average Bonchev–Trinajstić information content (AvgIpc) is 2.88. The van der Waals surface area contributed by atoms with E-state index < -0.39 is 24.1 Å². The highest BCUT2D eigenvalue weighted by molar-refractivity contribution is 8.76. The fraction of sp³-hybridized carbons (Fsp3) is 0.714. The molecular formula is C14H23N3O7S2. The molecule has 0 aromatic carbocycles. The van der Waals surface area contributed by atoms with E-state index in [2.05, 4.69) is 10.2 Å². The Kier molecular flexibility index (Phi) is 10.9. The van der Waals surface area contributed by atoms with Gasteiger partial charge in [0, 0.05) is 37.4 Å². The molecule has 10 nitrogen and oxygen atoms in total. The third-order valence-corrected chi connectivity index (χ3v) is 5.20. The minimum Gasteiger partial charge on any atom is -0.449 e. The van der Waals surface area contributed by atoms with Gasteiger partial charge in [0.25, 0.3) is 11.8 Å². The van der Waals surface area contributed by atoms with E-state index in [1.165, 1.54) is 21.6 Å². The Balaban J connectivity index is 1.93. The molecule has 148 valence electrons. The van der Waals surface area contributed by atoms with E-state index in [9.17, 15) is 19.2 Å². The summed E-state index contributed by atoms with van der Waals surface area (Å²) in [5.74, 6) is -0.0331. The molecule has 0 aromatic heterocycles. The van der Waals surface area contributed by atoms with Crippen LogP contribution in [0.25, 0.3) is 0 Å². The summed E-state index contributed by atoms with van der Waals surface area (Å²) in [5.41, 5.74) is 0. The van der Waals surface area contributed by atoms with E-state index in [1.807, 2.05) is 19.0 Å². The predicted molar refractivity (Wildman–Crippen MR) is 96.3 cm³/mol. The van der Waals surface area contributed by atoms with E-state index in [0.717, 1.165) is 6.54 Å². The quantitative estimate of drug-likeness (QED) is 0.228. The first-order valence-electron chi connectivity index (χ1n) is 7.90. The van der Waals surface area contributed by atoms with Gasteiger partial charge in [0.05, 0.1) is 0 Å². The zero-order valence-corrected chi connectivity index (χ0v) is 16.4. The van der Waals surface area contributed by atoms with Crippen molar-refractivity contribution >= 4 is 45.7 Å². The number of carbonyl (C=O) groups excluding carboxylic acids is 4. The van der Waals surface area contributed by atoms with E-state index in [4.69, 9.17) is 9.47 Å². The van der Waals surface area contributed by atoms with Gasteiger partial charge in [0.1, 0.15) is 13.2 Å². The van der Waals surface area contributed by atoms with Crippen molar-refractivity contribution in [3.05, 3.63) is 0 Å². The summed E-state index contributed by atoms with van der Waals surface area (Å²) in [4.78, 5) is 51.7. The average molecular weight is 409 g/mol.